The highest BCUT2D eigenvalue weighted by atomic mass is 32.2. The van der Waals surface area contributed by atoms with Crippen molar-refractivity contribution in [2.45, 2.75) is 25.1 Å². The molecule has 0 amide bonds. The van der Waals surface area contributed by atoms with Gasteiger partial charge in [0.1, 0.15) is 5.82 Å². The standard InChI is InChI=1S/C15H20F3N3S/c16-15(17,18)12-1-2-14(19-11-12)21-5-3-13(4-6-21)20-7-9-22-10-8-20/h1-2,11,13H,3-10H2. The van der Waals surface area contributed by atoms with Gasteiger partial charge in [-0.2, -0.15) is 24.9 Å². The van der Waals surface area contributed by atoms with Crippen LogP contribution in [0, 0.1) is 0 Å². The molecule has 0 atom stereocenters. The number of anilines is 1. The van der Waals surface area contributed by atoms with Gasteiger partial charge in [0.2, 0.25) is 0 Å². The summed E-state index contributed by atoms with van der Waals surface area (Å²) < 4.78 is 37.7. The lowest BCUT2D eigenvalue weighted by Gasteiger charge is -2.40. The minimum absolute atomic E-state index is 0.617. The third-order valence-electron chi connectivity index (χ3n) is 4.43. The van der Waals surface area contributed by atoms with E-state index in [0.29, 0.717) is 11.9 Å². The fourth-order valence-corrected chi connectivity index (χ4v) is 4.07. The van der Waals surface area contributed by atoms with Gasteiger partial charge in [0.15, 0.2) is 0 Å². The maximum Gasteiger partial charge on any atom is 0.417 e. The summed E-state index contributed by atoms with van der Waals surface area (Å²) in [6, 6.07) is 3.23. The molecule has 3 nitrogen and oxygen atoms in total. The molecule has 2 saturated heterocycles. The Balaban J connectivity index is 1.57. The Kier molecular flexibility index (Phi) is 4.82. The van der Waals surface area contributed by atoms with Crippen LogP contribution in [0.3, 0.4) is 0 Å². The van der Waals surface area contributed by atoms with Crippen molar-refractivity contribution >= 4 is 17.6 Å². The summed E-state index contributed by atoms with van der Waals surface area (Å²) >= 11 is 2.01. The predicted molar refractivity (Wildman–Crippen MR) is 83.4 cm³/mol. The molecule has 122 valence electrons. The zero-order valence-electron chi connectivity index (χ0n) is 12.4. The first-order chi connectivity index (χ1) is 10.5. The van der Waals surface area contributed by atoms with Gasteiger partial charge in [-0.15, -0.1) is 0 Å². The minimum atomic E-state index is -4.31. The molecule has 0 aromatic carbocycles. The van der Waals surface area contributed by atoms with Crippen molar-refractivity contribution in [1.29, 1.82) is 0 Å². The molecule has 2 fully saturated rings. The van der Waals surface area contributed by atoms with Crippen molar-refractivity contribution in [3.63, 3.8) is 0 Å². The first kappa shape index (κ1) is 15.9. The van der Waals surface area contributed by atoms with Crippen molar-refractivity contribution in [2.24, 2.45) is 0 Å². The van der Waals surface area contributed by atoms with E-state index in [9.17, 15) is 13.2 Å². The zero-order valence-corrected chi connectivity index (χ0v) is 13.2. The van der Waals surface area contributed by atoms with Gasteiger partial charge in [0.05, 0.1) is 5.56 Å². The Morgan fingerprint density at radius 1 is 1.05 bits per heavy atom. The van der Waals surface area contributed by atoms with Crippen LogP contribution in [-0.2, 0) is 6.18 Å². The Bertz CT molecular complexity index is 478. The Labute approximate surface area is 132 Å². The van der Waals surface area contributed by atoms with Crippen molar-refractivity contribution in [3.05, 3.63) is 23.9 Å². The molecule has 2 aliphatic rings. The molecule has 0 radical (unpaired) electrons. The summed E-state index contributed by atoms with van der Waals surface area (Å²) in [7, 11) is 0. The van der Waals surface area contributed by atoms with E-state index in [4.69, 9.17) is 0 Å². The topological polar surface area (TPSA) is 19.4 Å². The van der Waals surface area contributed by atoms with Crippen LogP contribution in [0.5, 0.6) is 0 Å². The molecule has 0 aliphatic carbocycles. The molecule has 3 heterocycles. The second kappa shape index (κ2) is 6.66. The van der Waals surface area contributed by atoms with E-state index in [2.05, 4.69) is 14.8 Å². The van der Waals surface area contributed by atoms with E-state index in [0.717, 1.165) is 51.3 Å². The fraction of sp³-hybridized carbons (Fsp3) is 0.667. The molecule has 0 unspecified atom stereocenters. The van der Waals surface area contributed by atoms with Crippen LogP contribution in [0.2, 0.25) is 0 Å². The summed E-state index contributed by atoms with van der Waals surface area (Å²) in [6.45, 7) is 4.06. The molecular weight excluding hydrogens is 311 g/mol. The van der Waals surface area contributed by atoms with Gasteiger partial charge >= 0.3 is 6.18 Å². The normalized spacial score (nSPS) is 22.0. The molecule has 1 aromatic rings. The van der Waals surface area contributed by atoms with E-state index in [1.54, 1.807) is 0 Å². The second-order valence-electron chi connectivity index (χ2n) is 5.77. The lowest BCUT2D eigenvalue weighted by Crippen LogP contribution is -2.48. The maximum atomic E-state index is 12.6. The predicted octanol–water partition coefficient (Wildman–Crippen LogP) is 3.12. The van der Waals surface area contributed by atoms with Crippen LogP contribution in [0.25, 0.3) is 0 Å². The number of halogens is 3. The lowest BCUT2D eigenvalue weighted by molar-refractivity contribution is -0.137. The molecule has 0 N–H and O–H groups in total. The maximum absolute atomic E-state index is 12.6. The Morgan fingerprint density at radius 2 is 1.73 bits per heavy atom. The van der Waals surface area contributed by atoms with Crippen LogP contribution in [0.15, 0.2) is 18.3 Å². The van der Waals surface area contributed by atoms with E-state index in [-0.39, 0.29) is 0 Å². The van der Waals surface area contributed by atoms with Crippen LogP contribution in [0.1, 0.15) is 18.4 Å². The number of thioether (sulfide) groups is 1. The first-order valence-corrected chi connectivity index (χ1v) is 8.79. The van der Waals surface area contributed by atoms with Crippen molar-refractivity contribution in [1.82, 2.24) is 9.88 Å². The van der Waals surface area contributed by atoms with Gasteiger partial charge < -0.3 is 4.90 Å². The average Bonchev–Trinajstić information content (AvgIpc) is 2.55. The number of pyridine rings is 1. The third-order valence-corrected chi connectivity index (χ3v) is 5.37. The Morgan fingerprint density at radius 3 is 2.27 bits per heavy atom. The van der Waals surface area contributed by atoms with Crippen LogP contribution in [-0.4, -0.2) is 53.6 Å². The second-order valence-corrected chi connectivity index (χ2v) is 6.99. The van der Waals surface area contributed by atoms with Crippen LogP contribution < -0.4 is 4.90 Å². The third kappa shape index (κ3) is 3.68. The molecule has 1 aromatic heterocycles. The summed E-state index contributed by atoms with van der Waals surface area (Å²) in [5, 5.41) is 0. The zero-order chi connectivity index (χ0) is 15.6. The van der Waals surface area contributed by atoms with Gasteiger partial charge in [-0.25, -0.2) is 4.98 Å². The van der Waals surface area contributed by atoms with Gasteiger partial charge in [-0.3, -0.25) is 4.90 Å². The molecule has 0 bridgehead atoms. The first-order valence-electron chi connectivity index (χ1n) is 7.64. The summed E-state index contributed by atoms with van der Waals surface area (Å²) in [5.74, 6) is 3.07. The van der Waals surface area contributed by atoms with E-state index in [1.165, 1.54) is 17.6 Å². The van der Waals surface area contributed by atoms with Gasteiger partial charge in [-0.05, 0) is 25.0 Å². The number of nitrogens with zero attached hydrogens (tertiary/aromatic N) is 3. The highest BCUT2D eigenvalue weighted by Gasteiger charge is 2.31. The van der Waals surface area contributed by atoms with Crippen molar-refractivity contribution in [2.75, 3.05) is 42.6 Å². The smallest absolute Gasteiger partial charge is 0.357 e. The summed E-state index contributed by atoms with van der Waals surface area (Å²) in [6.07, 6.45) is -1.26. The van der Waals surface area contributed by atoms with Crippen molar-refractivity contribution < 1.29 is 13.2 Å². The molecule has 0 saturated carbocycles. The lowest BCUT2D eigenvalue weighted by atomic mass is 10.0. The Hall–Kier alpha value is -0.950. The van der Waals surface area contributed by atoms with Crippen LogP contribution in [0.4, 0.5) is 19.0 Å². The van der Waals surface area contributed by atoms with E-state index < -0.39 is 11.7 Å². The highest BCUT2D eigenvalue weighted by Crippen LogP contribution is 2.30. The molecule has 3 rings (SSSR count). The van der Waals surface area contributed by atoms with Gasteiger partial charge in [0.25, 0.3) is 0 Å². The average molecular weight is 331 g/mol. The summed E-state index contributed by atoms with van der Waals surface area (Å²) in [5.41, 5.74) is -0.683. The molecular formula is C15H20F3N3S. The van der Waals surface area contributed by atoms with E-state index >= 15 is 0 Å². The monoisotopic (exact) mass is 331 g/mol. The highest BCUT2D eigenvalue weighted by molar-refractivity contribution is 7.99. The largest absolute Gasteiger partial charge is 0.417 e. The minimum Gasteiger partial charge on any atom is -0.357 e. The SMILES string of the molecule is FC(F)(F)c1ccc(N2CCC(N3CCSCC3)CC2)nc1. The number of hydrogen-bond donors (Lipinski definition) is 0. The van der Waals surface area contributed by atoms with Crippen LogP contribution >= 0.6 is 11.8 Å². The molecule has 22 heavy (non-hydrogen) atoms. The number of alkyl halides is 3. The molecule has 7 heteroatoms. The van der Waals surface area contributed by atoms with E-state index in [1.807, 2.05) is 11.8 Å². The summed E-state index contributed by atoms with van der Waals surface area (Å²) in [4.78, 5) is 8.65. The van der Waals surface area contributed by atoms with Gasteiger partial charge in [0, 0.05) is 49.9 Å². The number of rotatable bonds is 2. The molecule has 2 aliphatic heterocycles. The quantitative estimate of drug-likeness (QED) is 0.829. The number of piperidine rings is 1. The number of hydrogen-bond acceptors (Lipinski definition) is 4. The molecule has 0 spiro atoms. The van der Waals surface area contributed by atoms with Crippen molar-refractivity contribution in [3.8, 4) is 0 Å². The fourth-order valence-electron chi connectivity index (χ4n) is 3.14. The van der Waals surface area contributed by atoms with Gasteiger partial charge in [-0.1, -0.05) is 0 Å². The number of aromatic nitrogens is 1.